The molecule has 0 nitrogen and oxygen atoms in total. The molecule has 6 aromatic rings. The molecule has 4 heteroatoms. The smallest absolute Gasteiger partial charge is 0.0279 e. The minimum atomic E-state index is 0. The van der Waals surface area contributed by atoms with Crippen molar-refractivity contribution in [2.24, 2.45) is 0 Å². The molecule has 0 aliphatic heterocycles. The zero-order valence-corrected chi connectivity index (χ0v) is 33.8. The largest absolute Gasteiger partial charge is 1.00 e. The van der Waals surface area contributed by atoms with E-state index in [0.29, 0.717) is 5.92 Å². The Morgan fingerprint density at radius 1 is 0.681 bits per heavy atom. The first-order chi connectivity index (χ1) is 21.7. The van der Waals surface area contributed by atoms with Gasteiger partial charge in [-0.3, -0.25) is 0 Å². The molecule has 0 saturated heterocycles. The van der Waals surface area contributed by atoms with Gasteiger partial charge in [-0.1, -0.05) is 125 Å². The van der Waals surface area contributed by atoms with Crippen molar-refractivity contribution in [1.29, 1.82) is 0 Å². The van der Waals surface area contributed by atoms with Crippen molar-refractivity contribution >= 4 is 27.0 Å². The van der Waals surface area contributed by atoms with E-state index < -0.39 is 0 Å². The Balaban J connectivity index is 0.000000230. The second-order valence-electron chi connectivity index (χ2n) is 13.4. The summed E-state index contributed by atoms with van der Waals surface area (Å²) in [6.45, 7) is 13.5. The molecule has 0 radical (unpaired) electrons. The fraction of sp³-hybridized carbons (Fsp3) is 0.302. The molecule has 6 aromatic carbocycles. The molecule has 1 aliphatic rings. The van der Waals surface area contributed by atoms with Gasteiger partial charge in [0.2, 0.25) is 0 Å². The van der Waals surface area contributed by atoms with Gasteiger partial charge in [0, 0.05) is 0 Å². The SMILES string of the molecule is CC(C)c1cc2c(-c3ccc(C4CCCCC4)cc3)cccc2[cH-]1.C[Si](C)=[Zr+2].Cc1cc2c(-c3ccccc3)ccc(C)c2[cH-]1.[Cl-].[Cl-]. The second kappa shape index (κ2) is 18.5. The number of hydrogen-bond acceptors (Lipinski definition) is 0. The maximum absolute atomic E-state index is 2.38. The van der Waals surface area contributed by atoms with E-state index in [4.69, 9.17) is 0 Å². The van der Waals surface area contributed by atoms with Gasteiger partial charge in [-0.05, 0) is 41.4 Å². The summed E-state index contributed by atoms with van der Waals surface area (Å²) in [7, 11) is 0. The van der Waals surface area contributed by atoms with Crippen LogP contribution in [-0.4, -0.2) is 5.43 Å². The third-order valence-corrected chi connectivity index (χ3v) is 9.07. The molecule has 47 heavy (non-hydrogen) atoms. The Morgan fingerprint density at radius 2 is 1.30 bits per heavy atom. The summed E-state index contributed by atoms with van der Waals surface area (Å²) < 4.78 is 0. The molecule has 0 N–H and O–H groups in total. The summed E-state index contributed by atoms with van der Waals surface area (Å²) in [6, 6.07) is 40.4. The second-order valence-corrected chi connectivity index (χ2v) is 22.7. The van der Waals surface area contributed by atoms with E-state index >= 15 is 0 Å². The van der Waals surface area contributed by atoms with Crippen molar-refractivity contribution < 1.29 is 48.1 Å². The Labute approximate surface area is 311 Å². The topological polar surface area (TPSA) is 0 Å². The summed E-state index contributed by atoms with van der Waals surface area (Å²) in [4.78, 5) is 0. The van der Waals surface area contributed by atoms with Crippen molar-refractivity contribution in [2.45, 2.75) is 84.7 Å². The van der Waals surface area contributed by atoms with E-state index in [1.54, 1.807) is 23.3 Å². The van der Waals surface area contributed by atoms with Crippen LogP contribution in [0.2, 0.25) is 13.1 Å². The van der Waals surface area contributed by atoms with Crippen molar-refractivity contribution in [1.82, 2.24) is 0 Å². The Bertz CT molecular complexity index is 1850. The molecule has 1 fully saturated rings. The first-order valence-corrected chi connectivity index (χ1v) is 22.9. The number of hydrogen-bond donors (Lipinski definition) is 0. The summed E-state index contributed by atoms with van der Waals surface area (Å²) in [6.07, 6.45) is 6.96. The minimum Gasteiger partial charge on any atom is -1.00 e. The van der Waals surface area contributed by atoms with Crippen molar-refractivity contribution in [3.63, 3.8) is 0 Å². The molecule has 0 atom stereocenters. The van der Waals surface area contributed by atoms with Gasteiger partial charge in [0.1, 0.15) is 0 Å². The van der Waals surface area contributed by atoms with E-state index in [9.17, 15) is 0 Å². The molecule has 0 spiro atoms. The van der Waals surface area contributed by atoms with Crippen LogP contribution < -0.4 is 24.8 Å². The van der Waals surface area contributed by atoms with Gasteiger partial charge in [0.25, 0.3) is 0 Å². The molecular weight excluding hydrogens is 707 g/mol. The zero-order valence-electron chi connectivity index (χ0n) is 28.8. The Hall–Kier alpha value is -2.22. The Kier molecular flexibility index (Phi) is 15.5. The van der Waals surface area contributed by atoms with Crippen LogP contribution in [0.1, 0.15) is 80.0 Å². The van der Waals surface area contributed by atoms with Crippen molar-refractivity contribution in [3.05, 3.63) is 131 Å². The van der Waals surface area contributed by atoms with Crippen LogP contribution in [0.15, 0.2) is 109 Å². The van der Waals surface area contributed by atoms with Gasteiger partial charge in [0.15, 0.2) is 0 Å². The van der Waals surface area contributed by atoms with Crippen LogP contribution in [0.3, 0.4) is 0 Å². The first-order valence-electron chi connectivity index (χ1n) is 16.7. The average molecular weight is 755 g/mol. The van der Waals surface area contributed by atoms with Crippen LogP contribution in [0.5, 0.6) is 0 Å². The van der Waals surface area contributed by atoms with Gasteiger partial charge < -0.3 is 24.8 Å². The van der Waals surface area contributed by atoms with E-state index in [1.165, 1.54) is 98.2 Å². The molecule has 0 unspecified atom stereocenters. The fourth-order valence-electron chi connectivity index (χ4n) is 6.67. The first kappa shape index (κ1) is 39.2. The van der Waals surface area contributed by atoms with Gasteiger partial charge in [-0.25, -0.2) is 0 Å². The minimum absolute atomic E-state index is 0. The van der Waals surface area contributed by atoms with E-state index in [2.05, 4.69) is 150 Å². The third-order valence-electron chi connectivity index (χ3n) is 9.07. The molecule has 244 valence electrons. The maximum Gasteiger partial charge on any atom is -0.0279 e. The monoisotopic (exact) mass is 752 g/mol. The van der Waals surface area contributed by atoms with Crippen molar-refractivity contribution in [3.8, 4) is 22.3 Å². The summed E-state index contributed by atoms with van der Waals surface area (Å²) in [5.41, 5.74) is 11.2. The standard InChI is InChI=1S/C24H27.C17H15.C2H6Si.2ClH.Zr/c1-17(2)22-15-21-9-6-10-23(24(21)16-22)20-13-11-19(12-14-20)18-7-4-3-5-8-18;1-12-10-16-13(2)8-9-15(17(16)11-12)14-6-4-3-5-7-14;1-3-2;;;/h6,9-18H,3-5,7-8H2,1-2H3;3-11H,1-2H3;1-2H3;2*1H;/q2*-1;;;;+2/p-2. The number of aryl methyl sites for hydroxylation is 2. The van der Waals surface area contributed by atoms with Gasteiger partial charge in [-0.2, -0.15) is 12.1 Å². The van der Waals surface area contributed by atoms with Gasteiger partial charge >= 0.3 is 41.9 Å². The van der Waals surface area contributed by atoms with Crippen LogP contribution in [0, 0.1) is 13.8 Å². The van der Waals surface area contributed by atoms with Crippen molar-refractivity contribution in [2.75, 3.05) is 0 Å². The maximum atomic E-state index is 2.38. The van der Waals surface area contributed by atoms with Crippen LogP contribution >= 0.6 is 0 Å². The number of halogens is 2. The van der Waals surface area contributed by atoms with Crippen LogP contribution in [0.4, 0.5) is 0 Å². The average Bonchev–Trinajstić information content (AvgIpc) is 3.67. The molecule has 1 aliphatic carbocycles. The fourth-order valence-corrected chi connectivity index (χ4v) is 6.67. The van der Waals surface area contributed by atoms with E-state index in [0.717, 1.165) is 5.92 Å². The van der Waals surface area contributed by atoms with Crippen LogP contribution in [-0.2, 0) is 23.3 Å². The predicted molar refractivity (Wildman–Crippen MR) is 197 cm³/mol. The molecule has 1 saturated carbocycles. The number of rotatable bonds is 4. The van der Waals surface area contributed by atoms with Gasteiger partial charge in [-0.15, -0.1) is 68.6 Å². The quantitative estimate of drug-likeness (QED) is 0.134. The third kappa shape index (κ3) is 10.1. The summed E-state index contributed by atoms with van der Waals surface area (Å²) >= 11 is 1.74. The number of benzene rings is 4. The molecule has 0 bridgehead atoms. The molecule has 0 amide bonds. The normalized spacial score (nSPS) is 12.8. The van der Waals surface area contributed by atoms with Gasteiger partial charge in [0.05, 0.1) is 0 Å². The molecule has 0 aromatic heterocycles. The molecular formula is C43H48Cl2SiZr-2. The molecule has 0 heterocycles. The number of fused-ring (bicyclic) bond motifs is 2. The molecule has 7 rings (SSSR count). The van der Waals surface area contributed by atoms with E-state index in [1.807, 2.05) is 0 Å². The zero-order chi connectivity index (χ0) is 31.9. The summed E-state index contributed by atoms with van der Waals surface area (Å²) in [5, 5.41) is 5.51. The van der Waals surface area contributed by atoms with Crippen LogP contribution in [0.25, 0.3) is 43.8 Å². The predicted octanol–water partition coefficient (Wildman–Crippen LogP) is 7.03. The summed E-state index contributed by atoms with van der Waals surface area (Å²) in [5.74, 6) is 1.37. The Morgan fingerprint density at radius 3 is 1.94 bits per heavy atom. The van der Waals surface area contributed by atoms with E-state index in [-0.39, 0.29) is 30.2 Å².